The largest absolute Gasteiger partial charge is 0.454 e. The highest BCUT2D eigenvalue weighted by molar-refractivity contribution is 5.82. The molecule has 1 aliphatic heterocycles. The van der Waals surface area contributed by atoms with Gasteiger partial charge >= 0.3 is 6.03 Å². The molecular formula is C10H11N3O4. The number of carbonyl (C=O) groups is 2. The van der Waals surface area contributed by atoms with Gasteiger partial charge in [-0.2, -0.15) is 0 Å². The van der Waals surface area contributed by atoms with Crippen molar-refractivity contribution in [2.24, 2.45) is 5.73 Å². The van der Waals surface area contributed by atoms with E-state index in [1.165, 1.54) is 0 Å². The van der Waals surface area contributed by atoms with Crippen LogP contribution in [0.5, 0.6) is 11.5 Å². The molecule has 1 aromatic carbocycles. The quantitative estimate of drug-likeness (QED) is 0.612. The highest BCUT2D eigenvalue weighted by Gasteiger charge is 2.14. The molecule has 0 fully saturated rings. The molecule has 0 radical (unpaired) electrons. The zero-order valence-electron chi connectivity index (χ0n) is 8.86. The first-order valence-corrected chi connectivity index (χ1v) is 4.88. The molecule has 2 rings (SSSR count). The molecule has 1 aliphatic rings. The molecule has 3 amide bonds. The van der Waals surface area contributed by atoms with Crippen LogP contribution >= 0.6 is 0 Å². The first-order valence-electron chi connectivity index (χ1n) is 4.88. The molecule has 0 aliphatic carbocycles. The van der Waals surface area contributed by atoms with Gasteiger partial charge in [-0.1, -0.05) is 6.07 Å². The molecule has 0 saturated heterocycles. The van der Waals surface area contributed by atoms with Gasteiger partial charge in [0, 0.05) is 0 Å². The summed E-state index contributed by atoms with van der Waals surface area (Å²) >= 11 is 0. The van der Waals surface area contributed by atoms with Crippen LogP contribution in [0.25, 0.3) is 0 Å². The van der Waals surface area contributed by atoms with Gasteiger partial charge < -0.3 is 15.2 Å². The second-order valence-electron chi connectivity index (χ2n) is 3.40. The van der Waals surface area contributed by atoms with E-state index in [4.69, 9.17) is 15.2 Å². The van der Waals surface area contributed by atoms with E-state index in [2.05, 4.69) is 5.43 Å². The molecule has 0 saturated carbocycles. The smallest absolute Gasteiger partial charge is 0.330 e. The van der Waals surface area contributed by atoms with E-state index in [1.54, 1.807) is 18.2 Å². The average molecular weight is 237 g/mol. The van der Waals surface area contributed by atoms with E-state index < -0.39 is 6.03 Å². The highest BCUT2D eigenvalue weighted by atomic mass is 16.7. The van der Waals surface area contributed by atoms with Gasteiger partial charge in [-0.05, 0) is 17.7 Å². The van der Waals surface area contributed by atoms with E-state index in [9.17, 15) is 9.59 Å². The molecule has 0 unspecified atom stereocenters. The van der Waals surface area contributed by atoms with Crippen LogP contribution in [0.3, 0.4) is 0 Å². The normalized spacial score (nSPS) is 12.0. The van der Waals surface area contributed by atoms with Crippen LogP contribution in [0.1, 0.15) is 5.56 Å². The van der Waals surface area contributed by atoms with Crippen molar-refractivity contribution in [3.05, 3.63) is 23.8 Å². The summed E-state index contributed by atoms with van der Waals surface area (Å²) in [5, 5.41) is 0. The van der Waals surface area contributed by atoms with Crippen molar-refractivity contribution < 1.29 is 19.1 Å². The van der Waals surface area contributed by atoms with E-state index in [-0.39, 0.29) is 19.1 Å². The Labute approximate surface area is 96.8 Å². The molecule has 1 heterocycles. The zero-order chi connectivity index (χ0) is 12.3. The van der Waals surface area contributed by atoms with Crippen LogP contribution in [0.2, 0.25) is 0 Å². The summed E-state index contributed by atoms with van der Waals surface area (Å²) in [6.45, 7) is 0.189. The van der Waals surface area contributed by atoms with E-state index in [0.717, 1.165) is 5.56 Å². The van der Waals surface area contributed by atoms with Gasteiger partial charge in [-0.3, -0.25) is 10.2 Å². The van der Waals surface area contributed by atoms with Crippen LogP contribution in [-0.4, -0.2) is 18.7 Å². The third-order valence-electron chi connectivity index (χ3n) is 2.13. The maximum atomic E-state index is 11.4. The fraction of sp³-hybridized carbons (Fsp3) is 0.200. The summed E-state index contributed by atoms with van der Waals surface area (Å²) in [7, 11) is 0. The summed E-state index contributed by atoms with van der Waals surface area (Å²) in [6, 6.07) is 4.37. The number of urea groups is 1. The van der Waals surface area contributed by atoms with Crippen LogP contribution in [0.4, 0.5) is 4.79 Å². The minimum Gasteiger partial charge on any atom is -0.454 e. The van der Waals surface area contributed by atoms with Gasteiger partial charge in [-0.15, -0.1) is 0 Å². The Kier molecular flexibility index (Phi) is 2.99. The number of primary amides is 1. The number of amides is 3. The van der Waals surface area contributed by atoms with Crippen LogP contribution < -0.4 is 26.1 Å². The summed E-state index contributed by atoms with van der Waals surface area (Å²) in [6.07, 6.45) is 0.108. The van der Waals surface area contributed by atoms with Gasteiger partial charge in [0.2, 0.25) is 12.7 Å². The number of hydrogen-bond acceptors (Lipinski definition) is 4. The molecule has 7 nitrogen and oxygen atoms in total. The minimum absolute atomic E-state index is 0.108. The maximum Gasteiger partial charge on any atom is 0.330 e. The number of hydrogen-bond donors (Lipinski definition) is 3. The number of hydrazine groups is 1. The van der Waals surface area contributed by atoms with Gasteiger partial charge in [0.15, 0.2) is 11.5 Å². The van der Waals surface area contributed by atoms with Crippen molar-refractivity contribution in [3.63, 3.8) is 0 Å². The Bertz CT molecular complexity index is 461. The standard InChI is InChI=1S/C10H11N3O4/c11-10(15)13-12-9(14)4-6-1-2-7-8(3-6)17-5-16-7/h1-3H,4-5H2,(H,12,14)(H3,11,13,15). The number of fused-ring (bicyclic) bond motifs is 1. The van der Waals surface area contributed by atoms with Crippen molar-refractivity contribution in [2.45, 2.75) is 6.42 Å². The van der Waals surface area contributed by atoms with Gasteiger partial charge in [0.25, 0.3) is 0 Å². The molecule has 17 heavy (non-hydrogen) atoms. The Balaban J connectivity index is 1.95. The Morgan fingerprint density at radius 1 is 1.24 bits per heavy atom. The van der Waals surface area contributed by atoms with Crippen LogP contribution in [0, 0.1) is 0 Å². The summed E-state index contributed by atoms with van der Waals surface area (Å²) < 4.78 is 10.3. The van der Waals surface area contributed by atoms with Crippen molar-refractivity contribution in [3.8, 4) is 11.5 Å². The van der Waals surface area contributed by atoms with Crippen molar-refractivity contribution in [1.82, 2.24) is 10.9 Å². The third-order valence-corrected chi connectivity index (χ3v) is 2.13. The molecule has 7 heteroatoms. The highest BCUT2D eigenvalue weighted by Crippen LogP contribution is 2.32. The second-order valence-corrected chi connectivity index (χ2v) is 3.40. The molecule has 4 N–H and O–H groups in total. The molecular weight excluding hydrogens is 226 g/mol. The second kappa shape index (κ2) is 4.60. The predicted octanol–water partition coefficient (Wildman–Crippen LogP) is -0.343. The fourth-order valence-electron chi connectivity index (χ4n) is 1.41. The van der Waals surface area contributed by atoms with Gasteiger partial charge in [0.05, 0.1) is 6.42 Å². The van der Waals surface area contributed by atoms with Crippen molar-refractivity contribution in [1.29, 1.82) is 0 Å². The Morgan fingerprint density at radius 2 is 2.00 bits per heavy atom. The predicted molar refractivity (Wildman–Crippen MR) is 57.1 cm³/mol. The first kappa shape index (κ1) is 11.1. The third kappa shape index (κ3) is 2.77. The number of rotatable bonds is 2. The van der Waals surface area contributed by atoms with Crippen molar-refractivity contribution in [2.75, 3.05) is 6.79 Å². The number of nitrogens with two attached hydrogens (primary N) is 1. The summed E-state index contributed by atoms with van der Waals surface area (Å²) in [4.78, 5) is 21.7. The molecule has 1 aromatic rings. The monoisotopic (exact) mass is 237 g/mol. The van der Waals surface area contributed by atoms with E-state index >= 15 is 0 Å². The van der Waals surface area contributed by atoms with Crippen LogP contribution in [0.15, 0.2) is 18.2 Å². The molecule has 0 atom stereocenters. The number of nitrogens with one attached hydrogen (secondary N) is 2. The van der Waals surface area contributed by atoms with Crippen LogP contribution in [-0.2, 0) is 11.2 Å². The fourth-order valence-corrected chi connectivity index (χ4v) is 1.41. The lowest BCUT2D eigenvalue weighted by Crippen LogP contribution is -2.45. The zero-order valence-corrected chi connectivity index (χ0v) is 8.86. The van der Waals surface area contributed by atoms with Gasteiger partial charge in [0.1, 0.15) is 0 Å². The Morgan fingerprint density at radius 3 is 2.76 bits per heavy atom. The lowest BCUT2D eigenvalue weighted by Gasteiger charge is -2.05. The lowest BCUT2D eigenvalue weighted by atomic mass is 10.1. The summed E-state index contributed by atoms with van der Waals surface area (Å²) in [5.41, 5.74) is 9.72. The maximum absolute atomic E-state index is 11.4. The van der Waals surface area contributed by atoms with Gasteiger partial charge in [-0.25, -0.2) is 10.2 Å². The SMILES string of the molecule is NC(=O)NNC(=O)Cc1ccc2c(c1)OCO2. The number of ether oxygens (including phenoxy) is 2. The van der Waals surface area contributed by atoms with Crippen molar-refractivity contribution >= 4 is 11.9 Å². The Hall–Kier alpha value is -2.44. The number of benzene rings is 1. The first-order chi connectivity index (χ1) is 8.15. The van der Waals surface area contributed by atoms with E-state index in [0.29, 0.717) is 11.5 Å². The number of carbonyl (C=O) groups excluding carboxylic acids is 2. The molecule has 0 aromatic heterocycles. The molecule has 90 valence electrons. The lowest BCUT2D eigenvalue weighted by molar-refractivity contribution is -0.121. The summed E-state index contributed by atoms with van der Waals surface area (Å²) in [5.74, 6) is 0.894. The average Bonchev–Trinajstić information content (AvgIpc) is 2.73. The molecule has 0 spiro atoms. The minimum atomic E-state index is -0.816. The van der Waals surface area contributed by atoms with E-state index in [1.807, 2.05) is 5.43 Å². The topological polar surface area (TPSA) is 103 Å². The molecule has 0 bridgehead atoms.